The van der Waals surface area contributed by atoms with E-state index < -0.39 is 29.8 Å². The van der Waals surface area contributed by atoms with E-state index in [0.717, 1.165) is 12.1 Å². The maximum absolute atomic E-state index is 13.0. The number of hydrogen-bond donors (Lipinski definition) is 2. The van der Waals surface area contributed by atoms with Crippen LogP contribution < -0.4 is 5.73 Å². The number of nitrogens with two attached hydrogens (primary N) is 1. The molecule has 3 nitrogen and oxygen atoms in total. The summed E-state index contributed by atoms with van der Waals surface area (Å²) in [4.78, 5) is 10.4. The van der Waals surface area contributed by atoms with Crippen molar-refractivity contribution in [1.82, 2.24) is 0 Å². The van der Waals surface area contributed by atoms with Gasteiger partial charge in [0.05, 0.1) is 5.56 Å². The second kappa shape index (κ2) is 5.72. The molecule has 0 spiro atoms. The van der Waals surface area contributed by atoms with Crippen molar-refractivity contribution >= 4 is 18.4 Å². The molecule has 0 aliphatic carbocycles. The van der Waals surface area contributed by atoms with Crippen molar-refractivity contribution in [2.24, 2.45) is 5.73 Å². The van der Waals surface area contributed by atoms with E-state index in [4.69, 9.17) is 10.8 Å². The molecule has 0 amide bonds. The van der Waals surface area contributed by atoms with E-state index in [0.29, 0.717) is 6.07 Å². The summed E-state index contributed by atoms with van der Waals surface area (Å²) >= 11 is 0. The molecule has 0 heterocycles. The zero-order chi connectivity index (χ0) is 11.6. The first-order valence-electron chi connectivity index (χ1n) is 3.99. The summed E-state index contributed by atoms with van der Waals surface area (Å²) in [5.41, 5.74) is 4.36. The van der Waals surface area contributed by atoms with Crippen molar-refractivity contribution in [1.29, 1.82) is 0 Å². The molecule has 1 atom stereocenters. The lowest BCUT2D eigenvalue weighted by Crippen LogP contribution is -2.20. The van der Waals surface area contributed by atoms with Gasteiger partial charge in [0.2, 0.25) is 0 Å². The van der Waals surface area contributed by atoms with Gasteiger partial charge in [-0.3, -0.25) is 4.79 Å². The molecule has 0 saturated heterocycles. The molecule has 3 N–H and O–H groups in total. The van der Waals surface area contributed by atoms with Crippen molar-refractivity contribution in [3.63, 3.8) is 0 Å². The Morgan fingerprint density at radius 2 is 1.94 bits per heavy atom. The molecular weight excluding hydrogens is 247 g/mol. The highest BCUT2D eigenvalue weighted by atomic mass is 35.5. The average Bonchev–Trinajstić information content (AvgIpc) is 2.15. The van der Waals surface area contributed by atoms with Gasteiger partial charge >= 0.3 is 5.97 Å². The molecule has 1 rings (SSSR count). The predicted molar refractivity (Wildman–Crippen MR) is 53.2 cm³/mol. The second-order valence-electron chi connectivity index (χ2n) is 2.90. The molecule has 16 heavy (non-hydrogen) atoms. The van der Waals surface area contributed by atoms with E-state index in [1.54, 1.807) is 0 Å². The Hall–Kier alpha value is -1.27. The quantitative estimate of drug-likeness (QED) is 0.871. The minimum atomic E-state index is -2.93. The first-order valence-corrected chi connectivity index (χ1v) is 3.99. The number of carboxylic acid groups (broad SMARTS) is 1. The van der Waals surface area contributed by atoms with Crippen molar-refractivity contribution < 1.29 is 23.1 Å². The molecule has 1 aromatic rings. The molecule has 1 aromatic carbocycles. The van der Waals surface area contributed by atoms with Crippen LogP contribution in [0.3, 0.4) is 0 Å². The Balaban J connectivity index is 0.00000225. The number of rotatable bonds is 3. The maximum Gasteiger partial charge on any atom is 0.325 e. The van der Waals surface area contributed by atoms with Gasteiger partial charge in [-0.2, -0.15) is 0 Å². The van der Waals surface area contributed by atoms with Crippen LogP contribution >= 0.6 is 12.4 Å². The largest absolute Gasteiger partial charge is 0.480 e. The fraction of sp³-hybridized carbons (Fsp3) is 0.222. The van der Waals surface area contributed by atoms with Gasteiger partial charge in [-0.05, 0) is 11.6 Å². The number of carbonyl (C=O) groups is 1. The van der Waals surface area contributed by atoms with Gasteiger partial charge in [0.1, 0.15) is 11.9 Å². The summed E-state index contributed by atoms with van der Waals surface area (Å²) in [5.74, 6) is -2.50. The van der Waals surface area contributed by atoms with Crippen molar-refractivity contribution in [3.05, 3.63) is 35.1 Å². The summed E-state index contributed by atoms with van der Waals surface area (Å²) in [7, 11) is 0. The third kappa shape index (κ3) is 3.11. The smallest absolute Gasteiger partial charge is 0.325 e. The molecule has 0 fully saturated rings. The van der Waals surface area contributed by atoms with Crippen LogP contribution in [0.15, 0.2) is 18.2 Å². The highest BCUT2D eigenvalue weighted by Crippen LogP contribution is 2.24. The molecule has 0 unspecified atom stereocenters. The van der Waals surface area contributed by atoms with Crippen LogP contribution in [0.4, 0.5) is 13.2 Å². The van der Waals surface area contributed by atoms with E-state index in [2.05, 4.69) is 0 Å². The SMILES string of the molecule is Cl.N[C@H](C(=O)O)c1ccc(C(F)F)c(F)c1. The fourth-order valence-electron chi connectivity index (χ4n) is 1.06. The second-order valence-corrected chi connectivity index (χ2v) is 2.90. The number of hydrogen-bond acceptors (Lipinski definition) is 2. The van der Waals surface area contributed by atoms with Crippen LogP contribution in [0.5, 0.6) is 0 Å². The zero-order valence-electron chi connectivity index (χ0n) is 7.86. The molecule has 0 bridgehead atoms. The highest BCUT2D eigenvalue weighted by Gasteiger charge is 2.18. The topological polar surface area (TPSA) is 63.3 Å². The molecule has 90 valence electrons. The summed E-state index contributed by atoms with van der Waals surface area (Å²) in [5, 5.41) is 8.51. The average molecular weight is 256 g/mol. The van der Waals surface area contributed by atoms with Gasteiger partial charge in [0, 0.05) is 0 Å². The number of aliphatic carboxylic acids is 1. The third-order valence-corrected chi connectivity index (χ3v) is 1.88. The van der Waals surface area contributed by atoms with Crippen LogP contribution in [0.25, 0.3) is 0 Å². The van der Waals surface area contributed by atoms with Crippen LogP contribution in [0, 0.1) is 5.82 Å². The molecule has 0 aliphatic rings. The Bertz CT molecular complexity index is 387. The minimum Gasteiger partial charge on any atom is -0.480 e. The lowest BCUT2D eigenvalue weighted by molar-refractivity contribution is -0.138. The molecule has 0 saturated carbocycles. The van der Waals surface area contributed by atoms with Gasteiger partial charge in [0.15, 0.2) is 0 Å². The maximum atomic E-state index is 13.0. The van der Waals surface area contributed by atoms with Crippen LogP contribution in [-0.4, -0.2) is 11.1 Å². The normalized spacial score (nSPS) is 12.1. The van der Waals surface area contributed by atoms with E-state index in [1.165, 1.54) is 0 Å². The van der Waals surface area contributed by atoms with Crippen molar-refractivity contribution in [3.8, 4) is 0 Å². The number of alkyl halides is 2. The standard InChI is InChI=1S/C9H8F3NO2.ClH/c10-6-3-4(7(13)9(14)15)1-2-5(6)8(11)12;/h1-3,7-8H,13H2,(H,14,15);1H/t7-;/m0./s1. The van der Waals surface area contributed by atoms with Gasteiger partial charge in [-0.1, -0.05) is 12.1 Å². The molecule has 7 heteroatoms. The zero-order valence-corrected chi connectivity index (χ0v) is 8.68. The first-order chi connectivity index (χ1) is 6.93. The van der Waals surface area contributed by atoms with E-state index in [1.807, 2.05) is 0 Å². The van der Waals surface area contributed by atoms with Crippen molar-refractivity contribution in [2.75, 3.05) is 0 Å². The van der Waals surface area contributed by atoms with Crippen LogP contribution in [-0.2, 0) is 4.79 Å². The van der Waals surface area contributed by atoms with Gasteiger partial charge in [-0.25, -0.2) is 13.2 Å². The van der Waals surface area contributed by atoms with E-state index >= 15 is 0 Å². The molecular formula is C9H9ClF3NO2. The third-order valence-electron chi connectivity index (χ3n) is 1.88. The lowest BCUT2D eigenvalue weighted by atomic mass is 10.1. The van der Waals surface area contributed by atoms with Gasteiger partial charge in [0.25, 0.3) is 6.43 Å². The van der Waals surface area contributed by atoms with E-state index in [9.17, 15) is 18.0 Å². The summed E-state index contributed by atoms with van der Waals surface area (Å²) in [6, 6.07) is 1.20. The number of carboxylic acids is 1. The summed E-state index contributed by atoms with van der Waals surface area (Å²) in [6.07, 6.45) is -2.93. The Kier molecular flexibility index (Phi) is 5.26. The lowest BCUT2D eigenvalue weighted by Gasteiger charge is -2.08. The molecule has 0 aromatic heterocycles. The minimum absolute atomic E-state index is 0. The van der Waals surface area contributed by atoms with Gasteiger partial charge < -0.3 is 10.8 Å². The first kappa shape index (κ1) is 14.7. The van der Waals surface area contributed by atoms with Crippen LogP contribution in [0.2, 0.25) is 0 Å². The van der Waals surface area contributed by atoms with Crippen molar-refractivity contribution in [2.45, 2.75) is 12.5 Å². The number of halogens is 4. The number of benzene rings is 1. The Morgan fingerprint density at radius 1 is 1.38 bits per heavy atom. The monoisotopic (exact) mass is 255 g/mol. The molecule has 0 aliphatic heterocycles. The van der Waals surface area contributed by atoms with Gasteiger partial charge in [-0.15, -0.1) is 12.4 Å². The summed E-state index contributed by atoms with van der Waals surface area (Å²) < 4.78 is 37.3. The molecule has 0 radical (unpaired) electrons. The summed E-state index contributed by atoms with van der Waals surface area (Å²) in [6.45, 7) is 0. The predicted octanol–water partition coefficient (Wildman–Crippen LogP) is 2.27. The van der Waals surface area contributed by atoms with E-state index in [-0.39, 0.29) is 18.0 Å². The van der Waals surface area contributed by atoms with Crippen LogP contribution in [0.1, 0.15) is 23.6 Å². The fourth-order valence-corrected chi connectivity index (χ4v) is 1.06. The Labute approximate surface area is 95.5 Å². The highest BCUT2D eigenvalue weighted by molar-refractivity contribution is 5.85. The Morgan fingerprint density at radius 3 is 2.31 bits per heavy atom.